The molecule has 1 aliphatic heterocycles. The minimum atomic E-state index is -0.970. The summed E-state index contributed by atoms with van der Waals surface area (Å²) in [4.78, 5) is 32.2. The van der Waals surface area contributed by atoms with Gasteiger partial charge in [0.25, 0.3) is 0 Å². The summed E-state index contributed by atoms with van der Waals surface area (Å²) in [5, 5.41) is 10.8. The van der Waals surface area contributed by atoms with E-state index in [4.69, 9.17) is 0 Å². The third-order valence-electron chi connectivity index (χ3n) is 4.95. The minimum absolute atomic E-state index is 0.0110. The Morgan fingerprint density at radius 1 is 1.32 bits per heavy atom. The molecule has 1 aliphatic rings. The molecule has 0 spiro atoms. The number of carbonyl (C=O) groups is 1. The molecule has 0 unspecified atom stereocenters. The van der Waals surface area contributed by atoms with E-state index in [1.165, 1.54) is 0 Å². The van der Waals surface area contributed by atoms with Gasteiger partial charge in [0, 0.05) is 24.4 Å². The van der Waals surface area contributed by atoms with E-state index < -0.39 is 5.60 Å². The summed E-state index contributed by atoms with van der Waals surface area (Å²) < 4.78 is 0. The van der Waals surface area contributed by atoms with E-state index in [9.17, 15) is 14.7 Å². The number of hydrogen-bond donors (Lipinski definition) is 2. The number of carbonyl (C=O) groups excluding carboxylic acids is 1. The average molecular weight is 341 g/mol. The van der Waals surface area contributed by atoms with E-state index in [1.807, 2.05) is 37.3 Å². The molecule has 2 aromatic rings. The van der Waals surface area contributed by atoms with Gasteiger partial charge in [-0.1, -0.05) is 30.3 Å². The van der Waals surface area contributed by atoms with Gasteiger partial charge < -0.3 is 15.0 Å². The monoisotopic (exact) mass is 341 g/mol. The first-order chi connectivity index (χ1) is 11.9. The van der Waals surface area contributed by atoms with Gasteiger partial charge in [-0.2, -0.15) is 4.98 Å². The van der Waals surface area contributed by atoms with Crippen molar-refractivity contribution in [1.82, 2.24) is 14.9 Å². The summed E-state index contributed by atoms with van der Waals surface area (Å²) in [6, 6.07) is 9.49. The zero-order valence-corrected chi connectivity index (χ0v) is 14.6. The fourth-order valence-corrected chi connectivity index (χ4v) is 3.50. The Hall–Kier alpha value is -2.47. The molecule has 0 aliphatic carbocycles. The summed E-state index contributed by atoms with van der Waals surface area (Å²) in [5.74, 6) is 0.0110. The highest BCUT2D eigenvalue weighted by molar-refractivity contribution is 5.77. The number of aliphatic hydroxyl groups is 1. The molecule has 25 heavy (non-hydrogen) atoms. The molecule has 132 valence electrons. The number of aromatic amines is 1. The molecule has 1 aromatic heterocycles. The Morgan fingerprint density at radius 3 is 2.72 bits per heavy atom. The molecule has 3 rings (SSSR count). The first-order valence-electron chi connectivity index (χ1n) is 8.51. The maximum absolute atomic E-state index is 12.5. The van der Waals surface area contributed by atoms with E-state index >= 15 is 0 Å². The zero-order chi connectivity index (χ0) is 18.0. The number of hydrogen-bond acceptors (Lipinski definition) is 4. The van der Waals surface area contributed by atoms with E-state index in [2.05, 4.69) is 9.97 Å². The molecule has 2 N–H and O–H groups in total. The van der Waals surface area contributed by atoms with E-state index in [-0.39, 0.29) is 11.6 Å². The molecule has 0 radical (unpaired) electrons. The number of β-amino-alcohol motifs (C(OH)–C–C–N with tert-alkyl or cyclic N) is 1. The van der Waals surface area contributed by atoms with Crippen LogP contribution in [0.4, 0.5) is 0 Å². The van der Waals surface area contributed by atoms with Gasteiger partial charge in [0.2, 0.25) is 5.91 Å². The van der Waals surface area contributed by atoms with Crippen molar-refractivity contribution in [3.8, 4) is 0 Å². The normalized spacial score (nSPS) is 20.0. The molecule has 1 aromatic carbocycles. The Morgan fingerprint density at radius 2 is 2.04 bits per heavy atom. The molecule has 0 bridgehead atoms. The molecule has 1 amide bonds. The predicted octanol–water partition coefficient (Wildman–Crippen LogP) is 1.44. The Kier molecular flexibility index (Phi) is 4.72. The highest BCUT2D eigenvalue weighted by Crippen LogP contribution is 2.32. The van der Waals surface area contributed by atoms with Crippen molar-refractivity contribution >= 4 is 5.91 Å². The number of aryl methyl sites for hydroxylation is 2. The summed E-state index contributed by atoms with van der Waals surface area (Å²) in [6.07, 6.45) is 1.40. The number of likely N-dealkylation sites (tertiary alicyclic amines) is 1. The van der Waals surface area contributed by atoms with Crippen molar-refractivity contribution in [1.29, 1.82) is 0 Å². The minimum Gasteiger partial charge on any atom is -0.383 e. The van der Waals surface area contributed by atoms with Crippen LogP contribution in [0.5, 0.6) is 0 Å². The van der Waals surface area contributed by atoms with Gasteiger partial charge in [0.15, 0.2) is 0 Å². The van der Waals surface area contributed by atoms with Crippen molar-refractivity contribution in [2.45, 2.75) is 38.7 Å². The molecule has 6 heteroatoms. The summed E-state index contributed by atoms with van der Waals surface area (Å²) in [7, 11) is 0. The number of H-pyrrole nitrogens is 1. The van der Waals surface area contributed by atoms with Gasteiger partial charge in [-0.3, -0.25) is 4.79 Å². The topological polar surface area (TPSA) is 86.3 Å². The second-order valence-corrected chi connectivity index (χ2v) is 6.69. The smallest absolute Gasteiger partial charge is 0.345 e. The van der Waals surface area contributed by atoms with Crippen molar-refractivity contribution < 1.29 is 9.90 Å². The van der Waals surface area contributed by atoms with Crippen molar-refractivity contribution in [3.63, 3.8) is 0 Å². The van der Waals surface area contributed by atoms with E-state index in [0.29, 0.717) is 38.0 Å². The molecule has 1 saturated heterocycles. The number of rotatable bonds is 4. The lowest BCUT2D eigenvalue weighted by molar-refractivity contribution is -0.131. The largest absolute Gasteiger partial charge is 0.383 e. The highest BCUT2D eigenvalue weighted by atomic mass is 16.3. The maximum atomic E-state index is 12.5. The van der Waals surface area contributed by atoms with Crippen LogP contribution >= 0.6 is 0 Å². The molecular formula is C19H23N3O3. The molecule has 1 atom stereocenters. The van der Waals surface area contributed by atoms with E-state index in [1.54, 1.807) is 11.8 Å². The molecule has 0 saturated carbocycles. The van der Waals surface area contributed by atoms with Crippen molar-refractivity contribution in [2.75, 3.05) is 13.1 Å². The Labute approximate surface area is 146 Å². The van der Waals surface area contributed by atoms with Gasteiger partial charge >= 0.3 is 5.69 Å². The predicted molar refractivity (Wildman–Crippen MR) is 94.2 cm³/mol. The van der Waals surface area contributed by atoms with Crippen LogP contribution in [0.25, 0.3) is 0 Å². The fraction of sp³-hybridized carbons (Fsp3) is 0.421. The van der Waals surface area contributed by atoms with E-state index in [0.717, 1.165) is 16.8 Å². The lowest BCUT2D eigenvalue weighted by Crippen LogP contribution is -2.34. The second-order valence-electron chi connectivity index (χ2n) is 6.69. The molecule has 1 fully saturated rings. The molecular weight excluding hydrogens is 318 g/mol. The van der Waals surface area contributed by atoms with Crippen LogP contribution in [-0.4, -0.2) is 39.0 Å². The Bertz CT molecular complexity index is 805. The van der Waals surface area contributed by atoms with Gasteiger partial charge in [-0.05, 0) is 37.8 Å². The molecule has 2 heterocycles. The SMILES string of the molecule is Cc1nc(=O)[nH]c(C)c1CCC(=O)N1CC[C@](O)(c2ccccc2)C1. The first-order valence-corrected chi connectivity index (χ1v) is 8.51. The van der Waals surface area contributed by atoms with Crippen LogP contribution in [0.1, 0.15) is 35.4 Å². The number of aromatic nitrogens is 2. The standard InChI is InChI=1S/C19H23N3O3/c1-13-16(14(2)21-18(24)20-13)8-9-17(23)22-11-10-19(25,12-22)15-6-4-3-5-7-15/h3-7,25H,8-12H2,1-2H3,(H,20,21,24)/t19-/m1/s1. The number of benzene rings is 1. The van der Waals surface area contributed by atoms with Crippen molar-refractivity contribution in [2.24, 2.45) is 0 Å². The number of amides is 1. The first kappa shape index (κ1) is 17.4. The lowest BCUT2D eigenvalue weighted by atomic mass is 9.93. The van der Waals surface area contributed by atoms with Gasteiger partial charge in [-0.25, -0.2) is 4.79 Å². The maximum Gasteiger partial charge on any atom is 0.345 e. The fourth-order valence-electron chi connectivity index (χ4n) is 3.50. The van der Waals surface area contributed by atoms with Gasteiger partial charge in [0.1, 0.15) is 5.60 Å². The highest BCUT2D eigenvalue weighted by Gasteiger charge is 2.39. The van der Waals surface area contributed by atoms with Crippen LogP contribution in [0.3, 0.4) is 0 Å². The lowest BCUT2D eigenvalue weighted by Gasteiger charge is -2.24. The summed E-state index contributed by atoms with van der Waals surface area (Å²) in [5.41, 5.74) is 1.84. The second kappa shape index (κ2) is 6.80. The van der Waals surface area contributed by atoms with Crippen LogP contribution < -0.4 is 5.69 Å². The number of nitrogens with zero attached hydrogens (tertiary/aromatic N) is 2. The average Bonchev–Trinajstić information content (AvgIpc) is 2.98. The van der Waals surface area contributed by atoms with Gasteiger partial charge in [-0.15, -0.1) is 0 Å². The zero-order valence-electron chi connectivity index (χ0n) is 14.6. The van der Waals surface area contributed by atoms with Crippen LogP contribution in [-0.2, 0) is 16.8 Å². The van der Waals surface area contributed by atoms with Crippen LogP contribution in [0.15, 0.2) is 35.1 Å². The Balaban J connectivity index is 1.65. The van der Waals surface area contributed by atoms with Gasteiger partial charge in [0.05, 0.1) is 6.54 Å². The third kappa shape index (κ3) is 3.64. The summed E-state index contributed by atoms with van der Waals surface area (Å²) >= 11 is 0. The van der Waals surface area contributed by atoms with Crippen molar-refractivity contribution in [3.05, 3.63) is 63.3 Å². The third-order valence-corrected chi connectivity index (χ3v) is 4.95. The van der Waals surface area contributed by atoms with Crippen LogP contribution in [0, 0.1) is 13.8 Å². The van der Waals surface area contributed by atoms with Crippen LogP contribution in [0.2, 0.25) is 0 Å². The molecule has 6 nitrogen and oxygen atoms in total. The summed E-state index contributed by atoms with van der Waals surface area (Å²) in [6.45, 7) is 4.47. The quantitative estimate of drug-likeness (QED) is 0.881. The number of nitrogens with one attached hydrogen (secondary N) is 1.